The van der Waals surface area contributed by atoms with Gasteiger partial charge in [-0.2, -0.15) is 0 Å². The van der Waals surface area contributed by atoms with Gasteiger partial charge >= 0.3 is 0 Å². The molecule has 0 aromatic heterocycles. The zero-order chi connectivity index (χ0) is 18.9. The molecule has 0 aliphatic heterocycles. The van der Waals surface area contributed by atoms with Crippen LogP contribution in [0.25, 0.3) is 6.08 Å². The molecule has 0 heterocycles. The Labute approximate surface area is 168 Å². The molecule has 0 spiro atoms. The van der Waals surface area contributed by atoms with Crippen molar-refractivity contribution in [1.29, 1.82) is 0 Å². The normalized spacial score (nSPS) is 27.4. The maximum absolute atomic E-state index is 12.9. The summed E-state index contributed by atoms with van der Waals surface area (Å²) < 4.78 is 0. The number of carbonyl (C=O) groups is 1. The molecular weight excluding hydrogens is 362 g/mol. The van der Waals surface area contributed by atoms with Gasteiger partial charge in [0.25, 0.3) is 0 Å². The number of allylic oxidation sites excluding steroid dienone is 1. The molecule has 2 bridgehead atoms. The largest absolute Gasteiger partial charge is 0.395 e. The van der Waals surface area contributed by atoms with Gasteiger partial charge in [-0.25, -0.2) is 0 Å². The van der Waals surface area contributed by atoms with Crippen LogP contribution in [0.15, 0.2) is 29.8 Å². The molecule has 1 aromatic rings. The van der Waals surface area contributed by atoms with Crippen molar-refractivity contribution in [2.75, 3.05) is 26.3 Å². The summed E-state index contributed by atoms with van der Waals surface area (Å²) >= 11 is 0. The summed E-state index contributed by atoms with van der Waals surface area (Å²) in [6.45, 7) is 8.59. The fraction of sp³-hybridized carbons (Fsp3) is 0.591. The molecule has 0 saturated heterocycles. The van der Waals surface area contributed by atoms with E-state index in [4.69, 9.17) is 10.2 Å². The summed E-state index contributed by atoms with van der Waals surface area (Å²) in [7, 11) is 0. The SMILES string of the molecule is CC12CCC(/C(=C\c3ccc(CN(CCO)CCO)cc3)C1=O)C2(C)C.Cl. The van der Waals surface area contributed by atoms with Gasteiger partial charge < -0.3 is 10.2 Å². The lowest BCUT2D eigenvalue weighted by Crippen LogP contribution is -2.32. The zero-order valence-corrected chi connectivity index (χ0v) is 17.4. The molecule has 2 aliphatic carbocycles. The Hall–Kier alpha value is -1.20. The Morgan fingerprint density at radius 3 is 2.19 bits per heavy atom. The second kappa shape index (κ2) is 8.44. The lowest BCUT2D eigenvalue weighted by Gasteiger charge is -2.31. The molecule has 5 heteroatoms. The molecule has 0 amide bonds. The predicted molar refractivity (Wildman–Crippen MR) is 111 cm³/mol. The van der Waals surface area contributed by atoms with Gasteiger partial charge in [-0.1, -0.05) is 45.0 Å². The van der Waals surface area contributed by atoms with Gasteiger partial charge in [-0.3, -0.25) is 9.69 Å². The number of nitrogens with zero attached hydrogens (tertiary/aromatic N) is 1. The first-order valence-corrected chi connectivity index (χ1v) is 9.63. The Kier molecular flexibility index (Phi) is 6.91. The van der Waals surface area contributed by atoms with Crippen LogP contribution in [0.1, 0.15) is 44.7 Å². The fourth-order valence-corrected chi connectivity index (χ4v) is 4.80. The molecule has 0 radical (unpaired) electrons. The third-order valence-electron chi connectivity index (χ3n) is 6.91. The first kappa shape index (κ1) is 22.1. The Morgan fingerprint density at radius 2 is 1.70 bits per heavy atom. The van der Waals surface area contributed by atoms with Crippen LogP contribution in [0.4, 0.5) is 0 Å². The standard InChI is InChI=1S/C22H31NO3.ClH/c1-21(2)19-8-9-22(21,3)20(26)18(19)14-16-4-6-17(7-5-16)15-23(10-12-24)11-13-25;/h4-7,14,19,24-25H,8-13,15H2,1-3H3;1H/b18-14+;. The Morgan fingerprint density at radius 1 is 1.11 bits per heavy atom. The first-order chi connectivity index (χ1) is 12.3. The van der Waals surface area contributed by atoms with Gasteiger partial charge in [0.15, 0.2) is 5.78 Å². The third-order valence-corrected chi connectivity index (χ3v) is 6.91. The van der Waals surface area contributed by atoms with E-state index in [-0.39, 0.29) is 36.5 Å². The van der Waals surface area contributed by atoms with E-state index >= 15 is 0 Å². The lowest BCUT2D eigenvalue weighted by atomic mass is 9.70. The molecule has 3 rings (SSSR count). The van der Waals surface area contributed by atoms with Crippen LogP contribution in [0, 0.1) is 16.7 Å². The number of benzene rings is 1. The third kappa shape index (κ3) is 3.86. The maximum Gasteiger partial charge on any atom is 0.165 e. The quantitative estimate of drug-likeness (QED) is 0.698. The summed E-state index contributed by atoms with van der Waals surface area (Å²) in [6, 6.07) is 8.26. The number of fused-ring (bicyclic) bond motifs is 2. The van der Waals surface area contributed by atoms with Crippen LogP contribution >= 0.6 is 12.4 Å². The van der Waals surface area contributed by atoms with E-state index in [2.05, 4.69) is 51.1 Å². The van der Waals surface area contributed by atoms with E-state index in [1.165, 1.54) is 0 Å². The van der Waals surface area contributed by atoms with Gasteiger partial charge in [-0.15, -0.1) is 12.4 Å². The van der Waals surface area contributed by atoms with E-state index in [0.717, 1.165) is 29.5 Å². The Balaban J connectivity index is 0.00000261. The van der Waals surface area contributed by atoms with Crippen molar-refractivity contribution < 1.29 is 15.0 Å². The number of halogens is 1. The van der Waals surface area contributed by atoms with Crippen molar-refractivity contribution in [3.05, 3.63) is 41.0 Å². The van der Waals surface area contributed by atoms with Crippen molar-refractivity contribution in [2.24, 2.45) is 16.7 Å². The van der Waals surface area contributed by atoms with Crippen LogP contribution < -0.4 is 0 Å². The predicted octanol–water partition coefficient (Wildman–Crippen LogP) is 3.30. The topological polar surface area (TPSA) is 60.8 Å². The van der Waals surface area contributed by atoms with Gasteiger partial charge in [0, 0.05) is 25.0 Å². The highest BCUT2D eigenvalue weighted by atomic mass is 35.5. The molecule has 150 valence electrons. The highest BCUT2D eigenvalue weighted by Crippen LogP contribution is 2.65. The monoisotopic (exact) mass is 393 g/mol. The van der Waals surface area contributed by atoms with Crippen molar-refractivity contribution in [3.8, 4) is 0 Å². The molecule has 2 fully saturated rings. The van der Waals surface area contributed by atoms with Gasteiger partial charge in [0.2, 0.25) is 0 Å². The maximum atomic E-state index is 12.9. The number of aliphatic hydroxyl groups is 2. The summed E-state index contributed by atoms with van der Waals surface area (Å²) in [5, 5.41) is 18.2. The molecule has 2 unspecified atom stereocenters. The lowest BCUT2D eigenvalue weighted by molar-refractivity contribution is -0.125. The van der Waals surface area contributed by atoms with Crippen LogP contribution in [0.5, 0.6) is 0 Å². The fourth-order valence-electron chi connectivity index (χ4n) is 4.80. The minimum atomic E-state index is -0.210. The molecule has 1 aromatic carbocycles. The van der Waals surface area contributed by atoms with E-state index in [0.29, 0.717) is 31.3 Å². The van der Waals surface area contributed by atoms with Gasteiger partial charge in [0.1, 0.15) is 0 Å². The second-order valence-electron chi connectivity index (χ2n) is 8.54. The zero-order valence-electron chi connectivity index (χ0n) is 16.6. The summed E-state index contributed by atoms with van der Waals surface area (Å²) in [6.07, 6.45) is 4.20. The van der Waals surface area contributed by atoms with Gasteiger partial charge in [0.05, 0.1) is 13.2 Å². The van der Waals surface area contributed by atoms with Crippen LogP contribution in [-0.2, 0) is 11.3 Å². The number of hydrogen-bond donors (Lipinski definition) is 2. The van der Waals surface area contributed by atoms with E-state index in [1.807, 2.05) is 4.90 Å². The number of ketones is 1. The molecular formula is C22H32ClNO3. The average Bonchev–Trinajstić information content (AvgIpc) is 2.91. The van der Waals surface area contributed by atoms with E-state index in [1.54, 1.807) is 0 Å². The minimum absolute atomic E-state index is 0. The van der Waals surface area contributed by atoms with Crippen LogP contribution in [0.3, 0.4) is 0 Å². The van der Waals surface area contributed by atoms with Crippen molar-refractivity contribution in [3.63, 3.8) is 0 Å². The first-order valence-electron chi connectivity index (χ1n) is 9.63. The Bertz CT molecular complexity index is 692. The molecule has 27 heavy (non-hydrogen) atoms. The van der Waals surface area contributed by atoms with Crippen molar-refractivity contribution in [2.45, 2.75) is 40.2 Å². The van der Waals surface area contributed by atoms with Gasteiger partial charge in [-0.05, 0) is 47.0 Å². The molecule has 4 nitrogen and oxygen atoms in total. The summed E-state index contributed by atoms with van der Waals surface area (Å²) in [4.78, 5) is 15.0. The number of rotatable bonds is 7. The highest BCUT2D eigenvalue weighted by Gasteiger charge is 2.63. The van der Waals surface area contributed by atoms with E-state index < -0.39 is 0 Å². The van der Waals surface area contributed by atoms with Crippen LogP contribution in [0.2, 0.25) is 0 Å². The molecule has 2 saturated carbocycles. The number of aliphatic hydroxyl groups excluding tert-OH is 2. The minimum Gasteiger partial charge on any atom is -0.395 e. The molecule has 2 atom stereocenters. The average molecular weight is 394 g/mol. The number of Topliss-reactive ketones (excluding diaryl/α,β-unsaturated/α-hetero) is 1. The van der Waals surface area contributed by atoms with Crippen molar-refractivity contribution >= 4 is 24.3 Å². The molecule has 2 aliphatic rings. The van der Waals surface area contributed by atoms with E-state index in [9.17, 15) is 4.79 Å². The van der Waals surface area contributed by atoms with Crippen molar-refractivity contribution in [1.82, 2.24) is 4.90 Å². The highest BCUT2D eigenvalue weighted by molar-refractivity contribution is 6.07. The number of carbonyl (C=O) groups excluding carboxylic acids is 1. The summed E-state index contributed by atoms with van der Waals surface area (Å²) in [5.41, 5.74) is 3.04. The number of hydrogen-bond acceptors (Lipinski definition) is 4. The second-order valence-corrected chi connectivity index (χ2v) is 8.54. The smallest absolute Gasteiger partial charge is 0.165 e. The molecule has 2 N–H and O–H groups in total. The van der Waals surface area contributed by atoms with Crippen LogP contribution in [-0.4, -0.2) is 47.2 Å². The summed E-state index contributed by atoms with van der Waals surface area (Å²) in [5.74, 6) is 0.698.